The van der Waals surface area contributed by atoms with Crippen LogP contribution in [0.3, 0.4) is 0 Å². The molecule has 0 saturated heterocycles. The summed E-state index contributed by atoms with van der Waals surface area (Å²) in [5.74, 6) is 1.46. The summed E-state index contributed by atoms with van der Waals surface area (Å²) in [5.41, 5.74) is 1.29. The van der Waals surface area contributed by atoms with Gasteiger partial charge < -0.3 is 18.4 Å². The molecule has 4 rings (SSSR count). The minimum absolute atomic E-state index is 0.109. The minimum atomic E-state index is -0.109. The average molecular weight is 351 g/mol. The lowest BCUT2D eigenvalue weighted by Crippen LogP contribution is -2.20. The zero-order valence-electron chi connectivity index (χ0n) is 14.4. The summed E-state index contributed by atoms with van der Waals surface area (Å²) >= 11 is 0. The van der Waals surface area contributed by atoms with Crippen LogP contribution in [0.5, 0.6) is 0 Å². The summed E-state index contributed by atoms with van der Waals surface area (Å²) in [5, 5.41) is 4.82. The molecule has 0 atom stereocenters. The van der Waals surface area contributed by atoms with Crippen LogP contribution in [0.2, 0.25) is 0 Å². The number of methoxy groups -OCH3 is 1. The van der Waals surface area contributed by atoms with Gasteiger partial charge in [0.2, 0.25) is 5.89 Å². The fourth-order valence-corrected chi connectivity index (χ4v) is 2.95. The molecule has 0 bridgehead atoms. The molecule has 26 heavy (non-hydrogen) atoms. The van der Waals surface area contributed by atoms with Crippen molar-refractivity contribution in [2.45, 2.75) is 13.2 Å². The molecule has 3 aromatic heterocycles. The summed E-state index contributed by atoms with van der Waals surface area (Å²) < 4.78 is 13.7. The van der Waals surface area contributed by atoms with Crippen LogP contribution in [0.25, 0.3) is 22.3 Å². The van der Waals surface area contributed by atoms with E-state index >= 15 is 0 Å². The molecule has 8 nitrogen and oxygen atoms in total. The third kappa shape index (κ3) is 2.80. The number of hydrogen-bond donors (Lipinski definition) is 0. The number of imidazole rings is 1. The highest BCUT2D eigenvalue weighted by Crippen LogP contribution is 2.20. The van der Waals surface area contributed by atoms with Crippen LogP contribution in [0.1, 0.15) is 11.7 Å². The highest BCUT2D eigenvalue weighted by atomic mass is 16.5. The second-order valence-electron chi connectivity index (χ2n) is 5.90. The molecule has 0 spiro atoms. The lowest BCUT2D eigenvalue weighted by atomic mass is 10.1. The predicted octanol–water partition coefficient (Wildman–Crippen LogP) is 1.98. The van der Waals surface area contributed by atoms with E-state index in [2.05, 4.69) is 15.1 Å². The smallest absolute Gasteiger partial charge is 0.261 e. The van der Waals surface area contributed by atoms with Crippen molar-refractivity contribution in [3.05, 3.63) is 64.8 Å². The van der Waals surface area contributed by atoms with Gasteiger partial charge >= 0.3 is 0 Å². The maximum atomic E-state index is 12.8. The van der Waals surface area contributed by atoms with E-state index in [1.165, 1.54) is 0 Å². The minimum Gasteiger partial charge on any atom is -0.377 e. The number of aryl methyl sites for hydroxylation is 1. The first-order chi connectivity index (χ1) is 12.7. The van der Waals surface area contributed by atoms with E-state index in [0.717, 1.165) is 10.9 Å². The molecule has 0 N–H and O–H groups in total. The molecule has 3 heterocycles. The summed E-state index contributed by atoms with van der Waals surface area (Å²) in [6, 6.07) is 9.61. The van der Waals surface area contributed by atoms with E-state index in [1.807, 2.05) is 34.9 Å². The highest BCUT2D eigenvalue weighted by molar-refractivity contribution is 5.83. The van der Waals surface area contributed by atoms with E-state index in [0.29, 0.717) is 29.6 Å². The van der Waals surface area contributed by atoms with Crippen LogP contribution >= 0.6 is 0 Å². The maximum absolute atomic E-state index is 12.8. The Morgan fingerprint density at radius 2 is 2.12 bits per heavy atom. The van der Waals surface area contributed by atoms with Gasteiger partial charge in [-0.2, -0.15) is 4.98 Å². The molecule has 0 aliphatic carbocycles. The summed E-state index contributed by atoms with van der Waals surface area (Å²) in [7, 11) is 3.33. The Balaban J connectivity index is 1.76. The molecule has 132 valence electrons. The first kappa shape index (κ1) is 16.2. The number of para-hydroxylation sites is 1. The van der Waals surface area contributed by atoms with Crippen molar-refractivity contribution in [1.82, 2.24) is 24.3 Å². The molecule has 0 unspecified atom stereocenters. The lowest BCUT2D eigenvalue weighted by Gasteiger charge is -2.09. The van der Waals surface area contributed by atoms with Crippen molar-refractivity contribution in [3.63, 3.8) is 0 Å². The number of aromatic nitrogens is 5. The molecule has 0 amide bonds. The summed E-state index contributed by atoms with van der Waals surface area (Å²) in [6.45, 7) is 0.605. The molecule has 0 fully saturated rings. The second kappa shape index (κ2) is 6.57. The fraction of sp³-hybridized carbons (Fsp3) is 0.222. The zero-order chi connectivity index (χ0) is 18.1. The van der Waals surface area contributed by atoms with Gasteiger partial charge in [-0.3, -0.25) is 4.79 Å². The number of pyridine rings is 1. The van der Waals surface area contributed by atoms with Crippen molar-refractivity contribution in [1.29, 1.82) is 0 Å². The Kier molecular flexibility index (Phi) is 4.10. The van der Waals surface area contributed by atoms with Crippen LogP contribution in [0.15, 0.2) is 52.0 Å². The predicted molar refractivity (Wildman–Crippen MR) is 94.5 cm³/mol. The third-order valence-corrected chi connectivity index (χ3v) is 4.18. The van der Waals surface area contributed by atoms with Crippen molar-refractivity contribution in [2.24, 2.45) is 7.05 Å². The van der Waals surface area contributed by atoms with Crippen LogP contribution < -0.4 is 5.56 Å². The quantitative estimate of drug-likeness (QED) is 0.546. The van der Waals surface area contributed by atoms with Crippen molar-refractivity contribution in [2.75, 3.05) is 7.11 Å². The van der Waals surface area contributed by atoms with E-state index < -0.39 is 0 Å². The summed E-state index contributed by atoms with van der Waals surface area (Å²) in [4.78, 5) is 21.5. The highest BCUT2D eigenvalue weighted by Gasteiger charge is 2.15. The zero-order valence-corrected chi connectivity index (χ0v) is 14.4. The van der Waals surface area contributed by atoms with Gasteiger partial charge in [-0.05, 0) is 17.5 Å². The van der Waals surface area contributed by atoms with Crippen molar-refractivity contribution < 1.29 is 9.26 Å². The molecular weight excluding hydrogens is 334 g/mol. The molecular formula is C18H17N5O3. The summed E-state index contributed by atoms with van der Waals surface area (Å²) in [6.07, 6.45) is 3.43. The van der Waals surface area contributed by atoms with Gasteiger partial charge in [0, 0.05) is 26.6 Å². The van der Waals surface area contributed by atoms with Gasteiger partial charge in [-0.25, -0.2) is 4.98 Å². The van der Waals surface area contributed by atoms with Crippen LogP contribution in [0, 0.1) is 0 Å². The Bertz CT molecular complexity index is 1130. The monoisotopic (exact) mass is 351 g/mol. The number of fused-ring (bicyclic) bond motifs is 1. The molecule has 0 aliphatic rings. The number of nitrogens with zero attached hydrogens (tertiary/aromatic N) is 5. The number of rotatable bonds is 5. The number of ether oxygens (including phenoxy) is 1. The Labute approximate surface area is 148 Å². The van der Waals surface area contributed by atoms with Gasteiger partial charge in [0.1, 0.15) is 19.0 Å². The molecule has 0 radical (unpaired) electrons. The van der Waals surface area contributed by atoms with Gasteiger partial charge in [0.25, 0.3) is 5.56 Å². The Hall–Kier alpha value is -3.26. The van der Waals surface area contributed by atoms with Crippen LogP contribution in [0.4, 0.5) is 0 Å². The van der Waals surface area contributed by atoms with Crippen LogP contribution in [-0.2, 0) is 24.9 Å². The van der Waals surface area contributed by atoms with E-state index in [1.54, 1.807) is 31.1 Å². The fourth-order valence-electron chi connectivity index (χ4n) is 2.95. The average Bonchev–Trinajstić information content (AvgIpc) is 3.28. The SMILES string of the molecule is COCc1noc(Cn2ccnc2-c2cc3ccccc3n(C)c2=O)n1. The normalized spacial score (nSPS) is 11.3. The molecule has 8 heteroatoms. The van der Waals surface area contributed by atoms with E-state index in [4.69, 9.17) is 9.26 Å². The lowest BCUT2D eigenvalue weighted by molar-refractivity contribution is 0.174. The molecule has 4 aromatic rings. The number of hydrogen-bond acceptors (Lipinski definition) is 6. The number of benzene rings is 1. The molecule has 0 aliphatic heterocycles. The first-order valence-electron chi connectivity index (χ1n) is 8.08. The van der Waals surface area contributed by atoms with Crippen molar-refractivity contribution in [3.8, 4) is 11.4 Å². The first-order valence-corrected chi connectivity index (χ1v) is 8.08. The maximum Gasteiger partial charge on any atom is 0.261 e. The third-order valence-electron chi connectivity index (χ3n) is 4.18. The topological polar surface area (TPSA) is 88.0 Å². The van der Waals surface area contributed by atoms with Crippen LogP contribution in [-0.4, -0.2) is 31.4 Å². The van der Waals surface area contributed by atoms with E-state index in [-0.39, 0.29) is 12.2 Å². The standard InChI is InChI=1S/C18H17N5O3/c1-22-14-6-4-3-5-12(14)9-13(18(22)24)17-19-7-8-23(17)10-16-20-15(11-25-2)21-26-16/h3-9H,10-11H2,1-2H3. The Morgan fingerprint density at radius 1 is 1.27 bits per heavy atom. The second-order valence-corrected chi connectivity index (χ2v) is 5.90. The van der Waals surface area contributed by atoms with E-state index in [9.17, 15) is 4.79 Å². The largest absolute Gasteiger partial charge is 0.377 e. The van der Waals surface area contributed by atoms with Gasteiger partial charge in [0.05, 0.1) is 11.1 Å². The Morgan fingerprint density at radius 3 is 2.96 bits per heavy atom. The van der Waals surface area contributed by atoms with Gasteiger partial charge in [-0.15, -0.1) is 0 Å². The molecule has 1 aromatic carbocycles. The van der Waals surface area contributed by atoms with Gasteiger partial charge in [-0.1, -0.05) is 23.4 Å². The van der Waals surface area contributed by atoms with Gasteiger partial charge in [0.15, 0.2) is 5.82 Å². The van der Waals surface area contributed by atoms with Crippen molar-refractivity contribution >= 4 is 10.9 Å². The molecule has 0 saturated carbocycles.